The first-order chi connectivity index (χ1) is 8.66. The van der Waals surface area contributed by atoms with Crippen molar-refractivity contribution in [2.45, 2.75) is 0 Å². The van der Waals surface area contributed by atoms with Crippen LogP contribution in [0.15, 0.2) is 36.4 Å². The normalized spacial score (nSPS) is 10.9. The zero-order valence-electron chi connectivity index (χ0n) is 9.18. The van der Waals surface area contributed by atoms with Crippen molar-refractivity contribution in [3.8, 4) is 22.9 Å². The van der Waals surface area contributed by atoms with Crippen molar-refractivity contribution in [3.05, 3.63) is 41.4 Å². The summed E-state index contributed by atoms with van der Waals surface area (Å²) in [4.78, 5) is 7.21. The Morgan fingerprint density at radius 1 is 1.00 bits per heavy atom. The number of hydrogen-bond donors (Lipinski definition) is 3. The van der Waals surface area contributed by atoms with Crippen LogP contribution in [0, 0.1) is 0 Å². The molecule has 0 saturated carbocycles. The minimum Gasteiger partial charge on any atom is -0.506 e. The fourth-order valence-electron chi connectivity index (χ4n) is 1.84. The number of fused-ring (bicyclic) bond motifs is 1. The molecule has 0 radical (unpaired) electrons. The number of phenolic OH excluding ortho intramolecular Hbond substituents is 2. The molecule has 0 aliphatic heterocycles. The maximum Gasteiger partial charge on any atom is 0.143 e. The molecule has 1 heterocycles. The first kappa shape index (κ1) is 10.9. The highest BCUT2D eigenvalue weighted by atomic mass is 35.5. The van der Waals surface area contributed by atoms with E-state index < -0.39 is 0 Å². The van der Waals surface area contributed by atoms with Gasteiger partial charge in [0.25, 0.3) is 0 Å². The predicted octanol–water partition coefficient (Wildman–Crippen LogP) is 3.29. The summed E-state index contributed by atoms with van der Waals surface area (Å²) in [6, 6.07) is 10.0. The average Bonchev–Trinajstić information content (AvgIpc) is 2.80. The Hall–Kier alpha value is -2.20. The number of hydrogen-bond acceptors (Lipinski definition) is 3. The molecule has 5 heteroatoms. The molecule has 0 atom stereocenters. The molecule has 0 fully saturated rings. The minimum absolute atomic E-state index is 0.0114. The molecule has 18 heavy (non-hydrogen) atoms. The van der Waals surface area contributed by atoms with Crippen LogP contribution in [0.5, 0.6) is 11.5 Å². The highest BCUT2D eigenvalue weighted by Gasteiger charge is 2.13. The van der Waals surface area contributed by atoms with E-state index in [0.29, 0.717) is 27.4 Å². The molecule has 0 aliphatic carbocycles. The Morgan fingerprint density at radius 2 is 1.72 bits per heavy atom. The number of phenols is 2. The van der Waals surface area contributed by atoms with Gasteiger partial charge in [0, 0.05) is 5.56 Å². The number of aromatic amines is 1. The van der Waals surface area contributed by atoms with Gasteiger partial charge in [-0.25, -0.2) is 4.98 Å². The van der Waals surface area contributed by atoms with Crippen LogP contribution in [0.25, 0.3) is 22.4 Å². The largest absolute Gasteiger partial charge is 0.506 e. The molecule has 0 saturated heterocycles. The van der Waals surface area contributed by atoms with Gasteiger partial charge in [-0.3, -0.25) is 0 Å². The van der Waals surface area contributed by atoms with E-state index >= 15 is 0 Å². The van der Waals surface area contributed by atoms with E-state index in [2.05, 4.69) is 9.97 Å². The van der Waals surface area contributed by atoms with E-state index in [1.807, 2.05) is 18.2 Å². The Bertz CT molecular complexity index is 698. The maximum atomic E-state index is 9.71. The van der Waals surface area contributed by atoms with Gasteiger partial charge < -0.3 is 15.2 Å². The molecule has 0 spiro atoms. The van der Waals surface area contributed by atoms with Crippen LogP contribution >= 0.6 is 11.6 Å². The summed E-state index contributed by atoms with van der Waals surface area (Å²) in [5.74, 6) is 0.554. The molecule has 90 valence electrons. The van der Waals surface area contributed by atoms with Gasteiger partial charge in [0.05, 0.1) is 5.02 Å². The minimum atomic E-state index is 0.0114. The van der Waals surface area contributed by atoms with Gasteiger partial charge in [-0.2, -0.15) is 0 Å². The van der Waals surface area contributed by atoms with Crippen molar-refractivity contribution in [3.63, 3.8) is 0 Å². The molecule has 0 unspecified atom stereocenters. The number of aromatic hydroxyl groups is 2. The van der Waals surface area contributed by atoms with E-state index in [1.54, 1.807) is 6.07 Å². The second-order valence-corrected chi connectivity index (χ2v) is 4.30. The summed E-state index contributed by atoms with van der Waals surface area (Å²) < 4.78 is 0. The molecule has 3 rings (SSSR count). The molecular weight excluding hydrogens is 252 g/mol. The number of benzene rings is 2. The van der Waals surface area contributed by atoms with E-state index in [4.69, 9.17) is 11.6 Å². The Balaban J connectivity index is 2.29. The number of rotatable bonds is 1. The van der Waals surface area contributed by atoms with Crippen molar-refractivity contribution in [2.75, 3.05) is 0 Å². The van der Waals surface area contributed by atoms with Crippen molar-refractivity contribution in [2.24, 2.45) is 0 Å². The summed E-state index contributed by atoms with van der Waals surface area (Å²) in [5.41, 5.74) is 1.43. The van der Waals surface area contributed by atoms with Gasteiger partial charge >= 0.3 is 0 Å². The van der Waals surface area contributed by atoms with E-state index in [9.17, 15) is 10.2 Å². The lowest BCUT2D eigenvalue weighted by Gasteiger charge is -1.98. The van der Waals surface area contributed by atoms with Crippen LogP contribution in [0.1, 0.15) is 0 Å². The quantitative estimate of drug-likeness (QED) is 0.588. The lowest BCUT2D eigenvalue weighted by atomic mass is 10.2. The van der Waals surface area contributed by atoms with Gasteiger partial charge in [0.2, 0.25) is 0 Å². The second kappa shape index (κ2) is 3.92. The Labute approximate surface area is 107 Å². The van der Waals surface area contributed by atoms with Crippen LogP contribution in [0.3, 0.4) is 0 Å². The Kier molecular flexibility index (Phi) is 2.38. The molecule has 0 aliphatic rings. The monoisotopic (exact) mass is 260 g/mol. The molecule has 0 bridgehead atoms. The van der Waals surface area contributed by atoms with Crippen LogP contribution in [0.4, 0.5) is 0 Å². The number of imidazole rings is 1. The van der Waals surface area contributed by atoms with Crippen molar-refractivity contribution in [1.29, 1.82) is 0 Å². The standard InChI is InChI=1S/C13H9ClN2O2/c14-8-4-2-1-3-7(8)13-15-11-9(17)5-6-10(18)12(11)16-13/h1-6,17-18H,(H,15,16). The van der Waals surface area contributed by atoms with Crippen molar-refractivity contribution in [1.82, 2.24) is 9.97 Å². The zero-order valence-corrected chi connectivity index (χ0v) is 9.94. The predicted molar refractivity (Wildman–Crippen MR) is 69.9 cm³/mol. The molecule has 1 aromatic heterocycles. The molecule has 2 aromatic carbocycles. The summed E-state index contributed by atoms with van der Waals surface area (Å²) in [5, 5.41) is 20.0. The number of aromatic nitrogens is 2. The van der Waals surface area contributed by atoms with Crippen LogP contribution in [-0.2, 0) is 0 Å². The number of halogens is 1. The fraction of sp³-hybridized carbons (Fsp3) is 0. The number of nitrogens with one attached hydrogen (secondary N) is 1. The smallest absolute Gasteiger partial charge is 0.143 e. The average molecular weight is 261 g/mol. The lowest BCUT2D eigenvalue weighted by molar-refractivity contribution is 0.468. The van der Waals surface area contributed by atoms with E-state index in [1.165, 1.54) is 12.1 Å². The fourth-order valence-corrected chi connectivity index (χ4v) is 2.07. The molecule has 0 amide bonds. The van der Waals surface area contributed by atoms with Crippen LogP contribution in [0.2, 0.25) is 5.02 Å². The first-order valence-corrected chi connectivity index (χ1v) is 5.70. The Morgan fingerprint density at radius 3 is 2.44 bits per heavy atom. The van der Waals surface area contributed by atoms with Gasteiger partial charge in [-0.05, 0) is 24.3 Å². The van der Waals surface area contributed by atoms with Gasteiger partial charge in [-0.1, -0.05) is 23.7 Å². The third kappa shape index (κ3) is 1.58. The topological polar surface area (TPSA) is 69.1 Å². The second-order valence-electron chi connectivity index (χ2n) is 3.89. The summed E-state index contributed by atoms with van der Waals surface area (Å²) in [7, 11) is 0. The summed E-state index contributed by atoms with van der Waals surface area (Å²) in [6.45, 7) is 0. The van der Waals surface area contributed by atoms with E-state index in [0.717, 1.165) is 0 Å². The van der Waals surface area contributed by atoms with Gasteiger partial charge in [0.1, 0.15) is 28.4 Å². The van der Waals surface area contributed by atoms with Crippen molar-refractivity contribution < 1.29 is 10.2 Å². The molecule has 3 N–H and O–H groups in total. The molecule has 3 aromatic rings. The highest BCUT2D eigenvalue weighted by molar-refractivity contribution is 6.33. The van der Waals surface area contributed by atoms with E-state index in [-0.39, 0.29) is 11.5 Å². The third-order valence-electron chi connectivity index (χ3n) is 2.73. The summed E-state index contributed by atoms with van der Waals surface area (Å²) in [6.07, 6.45) is 0. The first-order valence-electron chi connectivity index (χ1n) is 5.32. The summed E-state index contributed by atoms with van der Waals surface area (Å²) >= 11 is 6.08. The zero-order chi connectivity index (χ0) is 12.7. The number of H-pyrrole nitrogens is 1. The van der Waals surface area contributed by atoms with Crippen molar-refractivity contribution >= 4 is 22.6 Å². The van der Waals surface area contributed by atoms with Crippen LogP contribution in [-0.4, -0.2) is 20.2 Å². The lowest BCUT2D eigenvalue weighted by Crippen LogP contribution is -1.80. The van der Waals surface area contributed by atoms with Gasteiger partial charge in [-0.15, -0.1) is 0 Å². The molecular formula is C13H9ClN2O2. The molecule has 4 nitrogen and oxygen atoms in total. The third-order valence-corrected chi connectivity index (χ3v) is 3.06. The SMILES string of the molecule is Oc1ccc(O)c2[nH]c(-c3ccccc3Cl)nc12. The highest BCUT2D eigenvalue weighted by Crippen LogP contribution is 2.33. The van der Waals surface area contributed by atoms with Gasteiger partial charge in [0.15, 0.2) is 0 Å². The van der Waals surface area contributed by atoms with Crippen LogP contribution < -0.4 is 0 Å². The number of nitrogens with zero attached hydrogens (tertiary/aromatic N) is 1. The maximum absolute atomic E-state index is 9.71.